The fourth-order valence-electron chi connectivity index (χ4n) is 3.38. The highest BCUT2D eigenvalue weighted by atomic mass is 16.5. The van der Waals surface area contributed by atoms with Crippen molar-refractivity contribution in [3.8, 4) is 0 Å². The molecule has 122 valence electrons. The number of ether oxygens (including phenoxy) is 1. The van der Waals surface area contributed by atoms with E-state index in [1.54, 1.807) is 7.11 Å². The second kappa shape index (κ2) is 7.24. The molecule has 0 bridgehead atoms. The molecule has 3 heterocycles. The van der Waals surface area contributed by atoms with Crippen molar-refractivity contribution in [2.45, 2.75) is 38.6 Å². The molecule has 0 aliphatic carbocycles. The molecule has 0 radical (unpaired) electrons. The van der Waals surface area contributed by atoms with Gasteiger partial charge < -0.3 is 19.5 Å². The number of aryl methyl sites for hydroxylation is 1. The van der Waals surface area contributed by atoms with Gasteiger partial charge in [0.25, 0.3) is 0 Å². The number of methoxy groups -OCH3 is 1. The number of nitrogens with zero attached hydrogens (tertiary/aromatic N) is 3. The molecule has 1 fully saturated rings. The lowest BCUT2D eigenvalue weighted by Crippen LogP contribution is -2.39. The van der Waals surface area contributed by atoms with E-state index < -0.39 is 0 Å². The highest BCUT2D eigenvalue weighted by Gasteiger charge is 2.26. The van der Waals surface area contributed by atoms with Gasteiger partial charge in [-0.15, -0.1) is 0 Å². The molecule has 1 aromatic heterocycles. The Kier molecular flexibility index (Phi) is 5.10. The van der Waals surface area contributed by atoms with E-state index in [2.05, 4.69) is 19.8 Å². The fraction of sp³-hybridized carbons (Fsp3) is 0.750. The maximum atomic E-state index is 12.5. The van der Waals surface area contributed by atoms with Gasteiger partial charge in [-0.05, 0) is 38.8 Å². The minimum Gasteiger partial charge on any atom is -0.383 e. The van der Waals surface area contributed by atoms with Crippen LogP contribution in [-0.2, 0) is 22.5 Å². The molecule has 1 amide bonds. The molecule has 0 aromatic carbocycles. The molecule has 0 unspecified atom stereocenters. The first-order chi connectivity index (χ1) is 10.8. The first-order valence-corrected chi connectivity index (χ1v) is 8.34. The van der Waals surface area contributed by atoms with Gasteiger partial charge in [0.15, 0.2) is 0 Å². The normalized spacial score (nSPS) is 19.9. The molecular weight excluding hydrogens is 280 g/mol. The van der Waals surface area contributed by atoms with Crippen LogP contribution in [0.2, 0.25) is 0 Å². The van der Waals surface area contributed by atoms with Crippen molar-refractivity contribution in [1.82, 2.24) is 14.5 Å². The maximum absolute atomic E-state index is 12.5. The van der Waals surface area contributed by atoms with Crippen molar-refractivity contribution in [1.29, 1.82) is 0 Å². The topological polar surface area (TPSA) is 59.4 Å². The van der Waals surface area contributed by atoms with Gasteiger partial charge in [-0.2, -0.15) is 0 Å². The molecular formula is C16H26N4O2. The number of aromatic nitrogens is 2. The van der Waals surface area contributed by atoms with Crippen molar-refractivity contribution in [3.63, 3.8) is 0 Å². The highest BCUT2D eigenvalue weighted by molar-refractivity contribution is 5.91. The third-order valence-electron chi connectivity index (χ3n) is 4.79. The molecule has 0 saturated carbocycles. The summed E-state index contributed by atoms with van der Waals surface area (Å²) in [5.41, 5.74) is 0. The number of likely N-dealkylation sites (tertiary alicyclic amines) is 1. The number of fused-ring (bicyclic) bond motifs is 1. The number of carbonyl (C=O) groups excluding carboxylic acids is 1. The Morgan fingerprint density at radius 1 is 1.36 bits per heavy atom. The lowest BCUT2D eigenvalue weighted by Gasteiger charge is -2.31. The summed E-state index contributed by atoms with van der Waals surface area (Å²) in [7, 11) is 1.73. The van der Waals surface area contributed by atoms with E-state index >= 15 is 0 Å². The van der Waals surface area contributed by atoms with Crippen molar-refractivity contribution in [3.05, 3.63) is 12.0 Å². The SMILES string of the molecule is COCCN1CCC(C(=O)Nc2cnc3n2CCCC3)CC1. The summed E-state index contributed by atoms with van der Waals surface area (Å²) in [5.74, 6) is 2.26. The number of piperidine rings is 1. The van der Waals surface area contributed by atoms with Crippen LogP contribution in [0, 0.1) is 5.92 Å². The van der Waals surface area contributed by atoms with Crippen LogP contribution in [0.15, 0.2) is 6.20 Å². The Morgan fingerprint density at radius 3 is 2.95 bits per heavy atom. The summed E-state index contributed by atoms with van der Waals surface area (Å²) >= 11 is 0. The zero-order valence-corrected chi connectivity index (χ0v) is 13.4. The number of rotatable bonds is 5. The third-order valence-corrected chi connectivity index (χ3v) is 4.79. The number of imidazole rings is 1. The number of anilines is 1. The molecule has 2 aliphatic heterocycles. The van der Waals surface area contributed by atoms with Crippen LogP contribution in [0.25, 0.3) is 0 Å². The second-order valence-corrected chi connectivity index (χ2v) is 6.27. The summed E-state index contributed by atoms with van der Waals surface area (Å²) < 4.78 is 7.27. The average molecular weight is 306 g/mol. The third kappa shape index (κ3) is 3.50. The predicted octanol–water partition coefficient (Wildman–Crippen LogP) is 1.52. The lowest BCUT2D eigenvalue weighted by atomic mass is 9.96. The van der Waals surface area contributed by atoms with Crippen LogP contribution in [-0.4, -0.2) is 53.7 Å². The zero-order chi connectivity index (χ0) is 15.4. The van der Waals surface area contributed by atoms with Gasteiger partial charge in [-0.1, -0.05) is 0 Å². The summed E-state index contributed by atoms with van der Waals surface area (Å²) in [4.78, 5) is 19.3. The quantitative estimate of drug-likeness (QED) is 0.896. The maximum Gasteiger partial charge on any atom is 0.228 e. The number of carbonyl (C=O) groups is 1. The zero-order valence-electron chi connectivity index (χ0n) is 13.4. The standard InChI is InChI=1S/C16H26N4O2/c1-22-11-10-19-8-5-13(6-9-19)16(21)18-15-12-17-14-4-2-3-7-20(14)15/h12-13H,2-11H2,1H3,(H,18,21). The molecule has 3 rings (SSSR count). The highest BCUT2D eigenvalue weighted by Crippen LogP contribution is 2.22. The van der Waals surface area contributed by atoms with E-state index in [9.17, 15) is 4.79 Å². The number of hydrogen-bond donors (Lipinski definition) is 1. The Hall–Kier alpha value is -1.40. The minimum atomic E-state index is 0.119. The van der Waals surface area contributed by atoms with Crippen LogP contribution in [0.3, 0.4) is 0 Å². The summed E-state index contributed by atoms with van der Waals surface area (Å²) in [6, 6.07) is 0. The van der Waals surface area contributed by atoms with E-state index in [0.717, 1.165) is 63.7 Å². The van der Waals surface area contributed by atoms with Gasteiger partial charge in [0.05, 0.1) is 12.8 Å². The van der Waals surface area contributed by atoms with Crippen LogP contribution in [0.5, 0.6) is 0 Å². The molecule has 6 nitrogen and oxygen atoms in total. The Bertz CT molecular complexity index is 506. The fourth-order valence-corrected chi connectivity index (χ4v) is 3.38. The van der Waals surface area contributed by atoms with Gasteiger partial charge in [0.2, 0.25) is 5.91 Å². The van der Waals surface area contributed by atoms with Crippen molar-refractivity contribution in [2.24, 2.45) is 5.92 Å². The van der Waals surface area contributed by atoms with E-state index in [4.69, 9.17) is 4.74 Å². The van der Waals surface area contributed by atoms with E-state index in [1.165, 1.54) is 12.8 Å². The van der Waals surface area contributed by atoms with E-state index in [-0.39, 0.29) is 11.8 Å². The monoisotopic (exact) mass is 306 g/mol. The molecule has 0 spiro atoms. The van der Waals surface area contributed by atoms with E-state index in [1.807, 2.05) is 6.20 Å². The summed E-state index contributed by atoms with van der Waals surface area (Å²) in [6.45, 7) is 4.65. The molecule has 1 saturated heterocycles. The molecule has 6 heteroatoms. The second-order valence-electron chi connectivity index (χ2n) is 6.27. The van der Waals surface area contributed by atoms with Gasteiger partial charge in [0, 0.05) is 32.5 Å². The Balaban J connectivity index is 1.52. The van der Waals surface area contributed by atoms with Crippen LogP contribution >= 0.6 is 0 Å². The van der Waals surface area contributed by atoms with Crippen molar-refractivity contribution in [2.75, 3.05) is 38.7 Å². The smallest absolute Gasteiger partial charge is 0.228 e. The number of hydrogen-bond acceptors (Lipinski definition) is 4. The molecule has 0 atom stereocenters. The van der Waals surface area contributed by atoms with Crippen molar-refractivity contribution < 1.29 is 9.53 Å². The lowest BCUT2D eigenvalue weighted by molar-refractivity contribution is -0.121. The Morgan fingerprint density at radius 2 is 2.18 bits per heavy atom. The van der Waals surface area contributed by atoms with Crippen LogP contribution < -0.4 is 5.32 Å². The van der Waals surface area contributed by atoms with Gasteiger partial charge in [0.1, 0.15) is 11.6 Å². The number of amides is 1. The summed E-state index contributed by atoms with van der Waals surface area (Å²) in [5, 5.41) is 3.10. The van der Waals surface area contributed by atoms with Gasteiger partial charge >= 0.3 is 0 Å². The number of nitrogens with one attached hydrogen (secondary N) is 1. The molecule has 2 aliphatic rings. The molecule has 1 N–H and O–H groups in total. The molecule has 22 heavy (non-hydrogen) atoms. The van der Waals surface area contributed by atoms with Crippen LogP contribution in [0.4, 0.5) is 5.82 Å². The van der Waals surface area contributed by atoms with Gasteiger partial charge in [-0.25, -0.2) is 4.98 Å². The summed E-state index contributed by atoms with van der Waals surface area (Å²) in [6.07, 6.45) is 7.06. The first kappa shape index (κ1) is 15.5. The molecule has 1 aromatic rings. The van der Waals surface area contributed by atoms with E-state index in [0.29, 0.717) is 0 Å². The predicted molar refractivity (Wildman–Crippen MR) is 84.8 cm³/mol. The van der Waals surface area contributed by atoms with Crippen LogP contribution in [0.1, 0.15) is 31.5 Å². The minimum absolute atomic E-state index is 0.119. The van der Waals surface area contributed by atoms with Gasteiger partial charge in [-0.3, -0.25) is 4.79 Å². The van der Waals surface area contributed by atoms with Crippen molar-refractivity contribution >= 4 is 11.7 Å². The first-order valence-electron chi connectivity index (χ1n) is 8.34. The largest absolute Gasteiger partial charge is 0.383 e. The Labute approximate surface area is 131 Å². The average Bonchev–Trinajstić information content (AvgIpc) is 2.96.